The summed E-state index contributed by atoms with van der Waals surface area (Å²) in [7, 11) is 0. The van der Waals surface area contributed by atoms with E-state index in [1.165, 1.54) is 77.0 Å². The summed E-state index contributed by atoms with van der Waals surface area (Å²) in [6, 6.07) is 0. The smallest absolute Gasteiger partial charge is 0.219 e. The summed E-state index contributed by atoms with van der Waals surface area (Å²) in [5.41, 5.74) is 1.17. The SMILES string of the molecule is CSC(=S)OC1CC[C@@]2(C)C(CCC3C4CCC(C(C)CCCC(C)C)[C@@]4(C)CCC32)C1. The van der Waals surface area contributed by atoms with Crippen LogP contribution in [0.3, 0.4) is 0 Å². The van der Waals surface area contributed by atoms with E-state index in [0.717, 1.165) is 45.8 Å². The Hall–Kier alpha value is 0.240. The summed E-state index contributed by atoms with van der Waals surface area (Å²) in [4.78, 5) is 0. The van der Waals surface area contributed by atoms with Crippen LogP contribution in [0.5, 0.6) is 0 Å². The molecule has 0 spiro atoms. The van der Waals surface area contributed by atoms with Gasteiger partial charge >= 0.3 is 0 Å². The van der Waals surface area contributed by atoms with Gasteiger partial charge in [-0.1, -0.05) is 65.6 Å². The van der Waals surface area contributed by atoms with E-state index >= 15 is 0 Å². The second kappa shape index (κ2) is 10.1. The third-order valence-electron chi connectivity index (χ3n) is 11.2. The van der Waals surface area contributed by atoms with Crippen LogP contribution in [0.4, 0.5) is 0 Å². The topological polar surface area (TPSA) is 9.23 Å². The van der Waals surface area contributed by atoms with Gasteiger partial charge in [0.05, 0.1) is 0 Å². The molecule has 0 N–H and O–H groups in total. The van der Waals surface area contributed by atoms with Crippen LogP contribution in [0.2, 0.25) is 0 Å². The van der Waals surface area contributed by atoms with Crippen LogP contribution in [0.1, 0.15) is 112 Å². The molecule has 0 bridgehead atoms. The van der Waals surface area contributed by atoms with Crippen LogP contribution in [0.15, 0.2) is 0 Å². The van der Waals surface area contributed by atoms with Gasteiger partial charge in [-0.25, -0.2) is 0 Å². The lowest BCUT2D eigenvalue weighted by Crippen LogP contribution is -2.54. The number of rotatable bonds is 6. The van der Waals surface area contributed by atoms with Gasteiger partial charge in [-0.05, 0) is 129 Å². The fourth-order valence-corrected chi connectivity index (χ4v) is 9.90. The van der Waals surface area contributed by atoms with Crippen LogP contribution >= 0.6 is 24.0 Å². The van der Waals surface area contributed by atoms with Crippen molar-refractivity contribution in [2.24, 2.45) is 52.3 Å². The normalized spacial score (nSPS) is 44.5. The average Bonchev–Trinajstić information content (AvgIpc) is 3.11. The predicted octanol–water partition coefficient (Wildman–Crippen LogP) is 9.14. The van der Waals surface area contributed by atoms with Crippen molar-refractivity contribution in [1.29, 1.82) is 0 Å². The average molecular weight is 479 g/mol. The highest BCUT2D eigenvalue weighted by Crippen LogP contribution is 2.68. The van der Waals surface area contributed by atoms with Gasteiger partial charge in [-0.2, -0.15) is 0 Å². The second-order valence-corrected chi connectivity index (χ2v) is 14.6. The summed E-state index contributed by atoms with van der Waals surface area (Å²) < 4.78 is 6.89. The number of ether oxygens (including phenoxy) is 1. The third-order valence-corrected chi connectivity index (χ3v) is 12.3. The zero-order valence-corrected chi connectivity index (χ0v) is 23.5. The third kappa shape index (κ3) is 4.69. The first-order chi connectivity index (χ1) is 15.2. The molecule has 0 aromatic heterocycles. The van der Waals surface area contributed by atoms with Crippen LogP contribution in [0, 0.1) is 52.3 Å². The Labute approximate surface area is 209 Å². The molecular formula is C29H50OS2. The van der Waals surface area contributed by atoms with Crippen molar-refractivity contribution >= 4 is 28.4 Å². The molecule has 0 aliphatic heterocycles. The summed E-state index contributed by atoms with van der Waals surface area (Å²) in [5.74, 6) is 6.55. The van der Waals surface area contributed by atoms with Gasteiger partial charge in [-0.15, -0.1) is 0 Å². The lowest BCUT2D eigenvalue weighted by molar-refractivity contribution is -0.127. The zero-order chi connectivity index (χ0) is 23.1. The van der Waals surface area contributed by atoms with Crippen LogP contribution in [-0.2, 0) is 4.74 Å². The van der Waals surface area contributed by atoms with Crippen molar-refractivity contribution in [1.82, 2.24) is 0 Å². The molecule has 0 radical (unpaired) electrons. The van der Waals surface area contributed by atoms with Crippen molar-refractivity contribution in [2.45, 2.75) is 118 Å². The maximum atomic E-state index is 6.14. The van der Waals surface area contributed by atoms with E-state index in [2.05, 4.69) is 34.6 Å². The molecule has 32 heavy (non-hydrogen) atoms. The lowest BCUT2D eigenvalue weighted by Gasteiger charge is -2.61. The predicted molar refractivity (Wildman–Crippen MR) is 144 cm³/mol. The van der Waals surface area contributed by atoms with Crippen molar-refractivity contribution < 1.29 is 4.74 Å². The van der Waals surface area contributed by atoms with E-state index in [0.29, 0.717) is 16.9 Å². The van der Waals surface area contributed by atoms with E-state index in [-0.39, 0.29) is 0 Å². The zero-order valence-electron chi connectivity index (χ0n) is 21.8. The number of hydrogen-bond acceptors (Lipinski definition) is 3. The minimum atomic E-state index is 0.376. The molecule has 9 atom stereocenters. The van der Waals surface area contributed by atoms with E-state index in [1.54, 1.807) is 11.8 Å². The molecule has 0 aromatic carbocycles. The van der Waals surface area contributed by atoms with Crippen LogP contribution in [0.25, 0.3) is 0 Å². The number of fused-ring (bicyclic) bond motifs is 5. The van der Waals surface area contributed by atoms with Crippen molar-refractivity contribution in [2.75, 3.05) is 6.26 Å². The fraction of sp³-hybridized carbons (Fsp3) is 0.966. The van der Waals surface area contributed by atoms with Crippen molar-refractivity contribution in [3.63, 3.8) is 0 Å². The molecule has 7 unspecified atom stereocenters. The first kappa shape index (κ1) is 25.3. The van der Waals surface area contributed by atoms with Gasteiger partial charge < -0.3 is 4.74 Å². The number of thiocarbonyl (C=S) groups is 1. The summed E-state index contributed by atoms with van der Waals surface area (Å²) >= 11 is 6.97. The maximum absolute atomic E-state index is 6.14. The Morgan fingerprint density at radius 1 is 0.938 bits per heavy atom. The van der Waals surface area contributed by atoms with Gasteiger partial charge in [0.25, 0.3) is 0 Å². The van der Waals surface area contributed by atoms with Gasteiger partial charge in [0, 0.05) is 0 Å². The van der Waals surface area contributed by atoms with Crippen LogP contribution in [-0.4, -0.2) is 16.7 Å². The van der Waals surface area contributed by atoms with Gasteiger partial charge in [0.1, 0.15) is 6.10 Å². The first-order valence-electron chi connectivity index (χ1n) is 13.9. The maximum Gasteiger partial charge on any atom is 0.219 e. The second-order valence-electron chi connectivity index (χ2n) is 13.2. The number of thioether (sulfide) groups is 1. The van der Waals surface area contributed by atoms with E-state index < -0.39 is 0 Å². The Morgan fingerprint density at radius 2 is 1.66 bits per heavy atom. The first-order valence-corrected chi connectivity index (χ1v) is 15.6. The summed E-state index contributed by atoms with van der Waals surface area (Å²) in [6.45, 7) is 12.8. The molecule has 4 fully saturated rings. The molecule has 4 aliphatic carbocycles. The van der Waals surface area contributed by atoms with E-state index in [1.807, 2.05) is 6.26 Å². The summed E-state index contributed by atoms with van der Waals surface area (Å²) in [5, 5.41) is 0. The molecule has 0 heterocycles. The van der Waals surface area contributed by atoms with Crippen molar-refractivity contribution in [3.8, 4) is 0 Å². The lowest BCUT2D eigenvalue weighted by atomic mass is 9.44. The fourth-order valence-electron chi connectivity index (χ4n) is 9.53. The number of hydrogen-bond donors (Lipinski definition) is 0. The molecule has 184 valence electrons. The van der Waals surface area contributed by atoms with Gasteiger partial charge in [-0.3, -0.25) is 0 Å². The Balaban J connectivity index is 1.42. The molecule has 4 rings (SSSR count). The molecule has 0 saturated heterocycles. The molecule has 0 aromatic rings. The van der Waals surface area contributed by atoms with E-state index in [4.69, 9.17) is 17.0 Å². The van der Waals surface area contributed by atoms with Crippen LogP contribution < -0.4 is 0 Å². The molecule has 3 heteroatoms. The molecule has 4 saturated carbocycles. The molecule has 0 amide bonds. The molecular weight excluding hydrogens is 428 g/mol. The van der Waals surface area contributed by atoms with Gasteiger partial charge in [0.15, 0.2) is 0 Å². The Morgan fingerprint density at radius 3 is 2.38 bits per heavy atom. The Kier molecular flexibility index (Phi) is 7.98. The summed E-state index contributed by atoms with van der Waals surface area (Å²) in [6.07, 6.45) is 19.5. The minimum absolute atomic E-state index is 0.376. The minimum Gasteiger partial charge on any atom is -0.475 e. The molecule has 1 nitrogen and oxygen atoms in total. The van der Waals surface area contributed by atoms with E-state index in [9.17, 15) is 0 Å². The largest absolute Gasteiger partial charge is 0.475 e. The quantitative estimate of drug-likeness (QED) is 0.352. The highest BCUT2D eigenvalue weighted by Gasteiger charge is 2.60. The van der Waals surface area contributed by atoms with Gasteiger partial charge in [0.2, 0.25) is 4.38 Å². The van der Waals surface area contributed by atoms with Crippen molar-refractivity contribution in [3.05, 3.63) is 0 Å². The Bertz CT molecular complexity index is 662. The monoisotopic (exact) mass is 478 g/mol. The molecule has 4 aliphatic rings. The standard InChI is InChI=1S/C29H50OS2/c1-19(2)8-7-9-20(3)24-12-13-25-23-11-10-21-18-22(30-27(31)32-6)14-16-28(21,4)26(23)15-17-29(24,25)5/h19-26H,7-18H2,1-6H3/t20?,21?,22?,23?,24?,25?,26?,28-,29+/m0/s1. The highest BCUT2D eigenvalue weighted by atomic mass is 32.2. The highest BCUT2D eigenvalue weighted by molar-refractivity contribution is 8.22.